The molecule has 0 fully saturated rings. The minimum absolute atomic E-state index is 0.343. The Kier molecular flexibility index (Phi) is 2.74. The Morgan fingerprint density at radius 2 is 1.81 bits per heavy atom. The molecule has 0 aliphatic carbocycles. The molecule has 0 amide bonds. The van der Waals surface area contributed by atoms with Crippen LogP contribution in [-0.4, -0.2) is 5.10 Å². The quantitative estimate of drug-likeness (QED) is 0.696. The molecule has 1 aromatic heterocycles. The van der Waals surface area contributed by atoms with Crippen molar-refractivity contribution in [2.24, 2.45) is 10.2 Å². The number of aromatic amines is 2. The molecule has 0 saturated heterocycles. The van der Waals surface area contributed by atoms with Crippen LogP contribution >= 0.6 is 11.6 Å². The van der Waals surface area contributed by atoms with Gasteiger partial charge >= 0.3 is 5.82 Å². The van der Waals surface area contributed by atoms with Gasteiger partial charge in [0.05, 0.1) is 5.69 Å². The lowest BCUT2D eigenvalue weighted by molar-refractivity contribution is -0.431. The van der Waals surface area contributed by atoms with Gasteiger partial charge in [-0.3, -0.25) is 5.73 Å². The van der Waals surface area contributed by atoms with Crippen LogP contribution in [-0.2, 0) is 0 Å². The predicted molar refractivity (Wildman–Crippen MR) is 61.8 cm³/mol. The second-order valence-electron chi connectivity index (χ2n) is 3.10. The van der Waals surface area contributed by atoms with Gasteiger partial charge in [-0.25, -0.2) is 5.10 Å². The number of nitrogen functional groups attached to an aromatic ring is 2. The van der Waals surface area contributed by atoms with Gasteiger partial charge in [-0.05, 0) is 24.3 Å². The third-order valence-corrected chi connectivity index (χ3v) is 2.19. The molecule has 0 radical (unpaired) electrons. The van der Waals surface area contributed by atoms with Crippen molar-refractivity contribution in [1.29, 1.82) is 0 Å². The number of nitrogens with zero attached hydrogens (tertiary/aromatic N) is 2. The van der Waals surface area contributed by atoms with Crippen LogP contribution in [0.25, 0.3) is 0 Å². The van der Waals surface area contributed by atoms with Crippen LogP contribution in [0.2, 0.25) is 5.02 Å². The standard InChI is InChI=1S/C9H9ClN6/c10-5-1-3-6(4-2-5)13-14-7-8(11)15-16-9(7)12/h1-4H,(H5,11,12,15,16)/p+1. The average molecular weight is 238 g/mol. The van der Waals surface area contributed by atoms with Gasteiger partial charge in [-0.2, -0.15) is 10.2 Å². The van der Waals surface area contributed by atoms with E-state index in [2.05, 4.69) is 20.4 Å². The maximum atomic E-state index is 5.74. The Morgan fingerprint density at radius 1 is 1.12 bits per heavy atom. The maximum absolute atomic E-state index is 5.74. The number of azo groups is 1. The number of rotatable bonds is 2. The van der Waals surface area contributed by atoms with E-state index in [1.54, 1.807) is 24.3 Å². The minimum atomic E-state index is 0.343. The summed E-state index contributed by atoms with van der Waals surface area (Å²) in [5.74, 6) is 0.686. The molecular formula is C9H10ClN6+. The zero-order valence-electron chi connectivity index (χ0n) is 8.24. The molecule has 6 nitrogen and oxygen atoms in total. The number of hydrogen-bond donors (Lipinski definition) is 3. The molecule has 0 aliphatic rings. The highest BCUT2D eigenvalue weighted by atomic mass is 35.5. The number of aromatic nitrogens is 2. The third-order valence-electron chi connectivity index (χ3n) is 1.93. The zero-order chi connectivity index (χ0) is 11.5. The van der Waals surface area contributed by atoms with E-state index in [1.807, 2.05) is 0 Å². The van der Waals surface area contributed by atoms with E-state index < -0.39 is 0 Å². The summed E-state index contributed by atoms with van der Waals surface area (Å²) in [5, 5.41) is 13.8. The highest BCUT2D eigenvalue weighted by molar-refractivity contribution is 6.30. The normalized spacial score (nSPS) is 11.1. The Morgan fingerprint density at radius 3 is 2.38 bits per heavy atom. The highest BCUT2D eigenvalue weighted by Crippen LogP contribution is 2.26. The van der Waals surface area contributed by atoms with Crippen molar-refractivity contribution < 1.29 is 5.10 Å². The molecule has 0 atom stereocenters. The van der Waals surface area contributed by atoms with Crippen LogP contribution in [0, 0.1) is 0 Å². The van der Waals surface area contributed by atoms with Crippen LogP contribution in [0.5, 0.6) is 0 Å². The lowest BCUT2D eigenvalue weighted by Crippen LogP contribution is -2.07. The minimum Gasteiger partial charge on any atom is -0.381 e. The van der Waals surface area contributed by atoms with Crippen LogP contribution in [0.4, 0.5) is 23.0 Å². The van der Waals surface area contributed by atoms with Gasteiger partial charge in [0.2, 0.25) is 5.69 Å². The molecule has 0 spiro atoms. The first-order chi connectivity index (χ1) is 7.66. The van der Waals surface area contributed by atoms with Gasteiger partial charge in [0.1, 0.15) is 0 Å². The summed E-state index contributed by atoms with van der Waals surface area (Å²) in [4.78, 5) is 0. The third kappa shape index (κ3) is 2.12. The van der Waals surface area contributed by atoms with E-state index in [9.17, 15) is 0 Å². The lowest BCUT2D eigenvalue weighted by atomic mass is 10.3. The molecule has 6 N–H and O–H groups in total. The van der Waals surface area contributed by atoms with Crippen molar-refractivity contribution in [2.75, 3.05) is 11.5 Å². The Hall–Kier alpha value is -2.08. The molecule has 2 aromatic rings. The summed E-state index contributed by atoms with van der Waals surface area (Å²) in [6.45, 7) is 0. The topological polar surface area (TPSA) is 107 Å². The monoisotopic (exact) mass is 237 g/mol. The number of H-pyrrole nitrogens is 2. The molecule has 82 valence electrons. The second kappa shape index (κ2) is 4.19. The van der Waals surface area contributed by atoms with E-state index in [-0.39, 0.29) is 0 Å². The van der Waals surface area contributed by atoms with Crippen LogP contribution in [0.3, 0.4) is 0 Å². The Labute approximate surface area is 96.3 Å². The van der Waals surface area contributed by atoms with E-state index in [0.29, 0.717) is 28.0 Å². The van der Waals surface area contributed by atoms with Gasteiger partial charge < -0.3 is 5.73 Å². The summed E-state index contributed by atoms with van der Waals surface area (Å²) in [7, 11) is 0. The first-order valence-electron chi connectivity index (χ1n) is 4.48. The number of nitrogens with two attached hydrogens (primary N) is 2. The van der Waals surface area contributed by atoms with Gasteiger partial charge in [0, 0.05) is 5.02 Å². The number of hydrogen-bond acceptors (Lipinski definition) is 4. The van der Waals surface area contributed by atoms with Crippen LogP contribution in [0.15, 0.2) is 34.5 Å². The molecular weight excluding hydrogens is 228 g/mol. The van der Waals surface area contributed by atoms with Crippen molar-refractivity contribution >= 4 is 34.6 Å². The SMILES string of the molecule is Nc1[nH][nH+]c(N)c1N=Nc1ccc(Cl)cc1. The molecule has 16 heavy (non-hydrogen) atoms. The van der Waals surface area contributed by atoms with Crippen LogP contribution < -0.4 is 16.6 Å². The van der Waals surface area contributed by atoms with Gasteiger partial charge in [-0.15, -0.1) is 5.11 Å². The number of nitrogens with one attached hydrogen (secondary N) is 2. The summed E-state index contributed by atoms with van der Waals surface area (Å²) >= 11 is 5.74. The van der Waals surface area contributed by atoms with Crippen molar-refractivity contribution in [1.82, 2.24) is 5.10 Å². The molecule has 0 bridgehead atoms. The largest absolute Gasteiger partial charge is 0.381 e. The maximum Gasteiger partial charge on any atom is 0.320 e. The van der Waals surface area contributed by atoms with E-state index in [1.165, 1.54) is 0 Å². The highest BCUT2D eigenvalue weighted by Gasteiger charge is 2.11. The molecule has 0 saturated carbocycles. The molecule has 0 aliphatic heterocycles. The summed E-state index contributed by atoms with van der Waals surface area (Å²) in [6, 6.07) is 6.95. The second-order valence-corrected chi connectivity index (χ2v) is 3.54. The Bertz CT molecular complexity index is 496. The molecule has 2 rings (SSSR count). The van der Waals surface area contributed by atoms with Crippen molar-refractivity contribution in [3.63, 3.8) is 0 Å². The fourth-order valence-corrected chi connectivity index (χ4v) is 1.25. The lowest BCUT2D eigenvalue weighted by Gasteiger charge is -1.91. The van der Waals surface area contributed by atoms with E-state index in [4.69, 9.17) is 23.1 Å². The van der Waals surface area contributed by atoms with E-state index >= 15 is 0 Å². The van der Waals surface area contributed by atoms with Gasteiger partial charge in [0.25, 0.3) is 0 Å². The van der Waals surface area contributed by atoms with Crippen LogP contribution in [0.1, 0.15) is 0 Å². The fraction of sp³-hybridized carbons (Fsp3) is 0. The zero-order valence-corrected chi connectivity index (χ0v) is 8.99. The van der Waals surface area contributed by atoms with Gasteiger partial charge in [-0.1, -0.05) is 11.6 Å². The Balaban J connectivity index is 2.24. The predicted octanol–water partition coefficient (Wildman–Crippen LogP) is 2.06. The average Bonchev–Trinajstić information content (AvgIpc) is 2.59. The smallest absolute Gasteiger partial charge is 0.320 e. The van der Waals surface area contributed by atoms with Crippen molar-refractivity contribution in [3.05, 3.63) is 29.3 Å². The van der Waals surface area contributed by atoms with Gasteiger partial charge in [0.15, 0.2) is 5.82 Å². The summed E-state index contributed by atoms with van der Waals surface area (Å²) in [6.07, 6.45) is 0. The number of benzene rings is 1. The van der Waals surface area contributed by atoms with Crippen molar-refractivity contribution in [2.45, 2.75) is 0 Å². The molecule has 1 heterocycles. The first-order valence-corrected chi connectivity index (χ1v) is 4.86. The molecule has 1 aromatic carbocycles. The first kappa shape index (κ1) is 10.4. The summed E-state index contributed by atoms with van der Waals surface area (Å²) in [5.41, 5.74) is 12.2. The molecule has 0 unspecified atom stereocenters. The fourth-order valence-electron chi connectivity index (χ4n) is 1.12. The van der Waals surface area contributed by atoms with Crippen molar-refractivity contribution in [3.8, 4) is 0 Å². The van der Waals surface area contributed by atoms with E-state index in [0.717, 1.165) is 0 Å². The molecule has 7 heteroatoms. The summed E-state index contributed by atoms with van der Waals surface area (Å²) < 4.78 is 0. The number of halogens is 1. The number of anilines is 2.